The average molecular weight is 313 g/mol. The number of ether oxygens (including phenoxy) is 2. The van der Waals surface area contributed by atoms with Crippen molar-refractivity contribution >= 4 is 16.9 Å². The largest absolute Gasteiger partial charge is 0.493 e. The molecule has 0 aliphatic carbocycles. The number of hydrogen-bond acceptors (Lipinski definition) is 4. The minimum Gasteiger partial charge on any atom is -0.493 e. The molecule has 0 amide bonds. The number of fused-ring (bicyclic) bond motifs is 1. The van der Waals surface area contributed by atoms with E-state index in [1.54, 1.807) is 24.3 Å². The fourth-order valence-electron chi connectivity index (χ4n) is 1.93. The molecule has 22 heavy (non-hydrogen) atoms. The number of methoxy groups -OCH3 is 1. The van der Waals surface area contributed by atoms with Gasteiger partial charge in [-0.15, -0.1) is 0 Å². The molecule has 1 aromatic carbocycles. The quantitative estimate of drug-likeness (QED) is 0.623. The van der Waals surface area contributed by atoms with Crippen molar-refractivity contribution < 1.29 is 27.4 Å². The number of hydrogen-bond donors (Lipinski definition) is 0. The van der Waals surface area contributed by atoms with Crippen LogP contribution in [-0.4, -0.2) is 30.8 Å². The van der Waals surface area contributed by atoms with Crippen LogP contribution in [0.3, 0.4) is 0 Å². The maximum absolute atomic E-state index is 12.1. The molecule has 7 heteroatoms. The number of halogens is 3. The molecule has 0 atom stereocenters. The molecule has 0 aliphatic rings. The Bertz CT molecular complexity index is 671. The highest BCUT2D eigenvalue weighted by Crippen LogP contribution is 2.27. The summed E-state index contributed by atoms with van der Waals surface area (Å²) >= 11 is 0. The highest BCUT2D eigenvalue weighted by atomic mass is 19.4. The third kappa shape index (κ3) is 4.09. The first kappa shape index (κ1) is 16.1. The normalized spacial score (nSPS) is 11.5. The Morgan fingerprint density at radius 2 is 2.00 bits per heavy atom. The standard InChI is InChI=1S/C15H14F3NO3/c1-21-14(20)12-9-13(22-8-4-7-15(16,17)18)10-5-2-3-6-11(10)19-12/h2-3,5-6,9H,4,7-8H2,1H3. The van der Waals surface area contributed by atoms with Gasteiger partial charge in [0.05, 0.1) is 19.2 Å². The molecule has 1 heterocycles. The van der Waals surface area contributed by atoms with Gasteiger partial charge in [-0.2, -0.15) is 13.2 Å². The lowest BCUT2D eigenvalue weighted by molar-refractivity contribution is -0.136. The molecule has 0 radical (unpaired) electrons. The molecular formula is C15H14F3NO3. The summed E-state index contributed by atoms with van der Waals surface area (Å²) in [5.41, 5.74) is 0.559. The molecule has 0 N–H and O–H groups in total. The van der Waals surface area contributed by atoms with E-state index in [9.17, 15) is 18.0 Å². The van der Waals surface area contributed by atoms with Crippen LogP contribution < -0.4 is 4.74 Å². The number of rotatable bonds is 5. The predicted molar refractivity (Wildman–Crippen MR) is 73.9 cm³/mol. The van der Waals surface area contributed by atoms with Crippen LogP contribution in [0.15, 0.2) is 30.3 Å². The number of benzene rings is 1. The van der Waals surface area contributed by atoms with Crippen LogP contribution in [0.4, 0.5) is 13.2 Å². The average Bonchev–Trinajstić information content (AvgIpc) is 2.49. The minimum absolute atomic E-state index is 0.0482. The lowest BCUT2D eigenvalue weighted by atomic mass is 10.2. The highest BCUT2D eigenvalue weighted by molar-refractivity contribution is 5.93. The van der Waals surface area contributed by atoms with E-state index >= 15 is 0 Å². The topological polar surface area (TPSA) is 48.4 Å². The number of pyridine rings is 1. The maximum atomic E-state index is 12.1. The molecule has 0 unspecified atom stereocenters. The molecule has 2 aromatic rings. The summed E-state index contributed by atoms with van der Waals surface area (Å²) in [5, 5.41) is 0.627. The van der Waals surface area contributed by atoms with Gasteiger partial charge in [0.1, 0.15) is 5.75 Å². The van der Waals surface area contributed by atoms with Gasteiger partial charge in [0.2, 0.25) is 0 Å². The van der Waals surface area contributed by atoms with Gasteiger partial charge in [-0.05, 0) is 18.6 Å². The van der Waals surface area contributed by atoms with Gasteiger partial charge in [0.15, 0.2) is 5.69 Å². The number of alkyl halides is 3. The van der Waals surface area contributed by atoms with E-state index in [2.05, 4.69) is 9.72 Å². The summed E-state index contributed by atoms with van der Waals surface area (Å²) in [7, 11) is 1.23. The van der Waals surface area contributed by atoms with Gasteiger partial charge in [-0.25, -0.2) is 9.78 Å². The Kier molecular flexibility index (Phi) is 4.85. The fraction of sp³-hybridized carbons (Fsp3) is 0.333. The summed E-state index contributed by atoms with van der Waals surface area (Å²) in [6.07, 6.45) is -5.28. The van der Waals surface area contributed by atoms with Crippen molar-refractivity contribution in [3.8, 4) is 5.75 Å². The van der Waals surface area contributed by atoms with Gasteiger partial charge in [-0.1, -0.05) is 12.1 Å². The van der Waals surface area contributed by atoms with Gasteiger partial charge >= 0.3 is 12.1 Å². The zero-order valence-corrected chi connectivity index (χ0v) is 11.8. The van der Waals surface area contributed by atoms with E-state index in [0.29, 0.717) is 16.7 Å². The second-order valence-electron chi connectivity index (χ2n) is 4.58. The number of nitrogens with zero attached hydrogens (tertiary/aromatic N) is 1. The molecule has 0 aliphatic heterocycles. The van der Waals surface area contributed by atoms with E-state index in [0.717, 1.165) is 0 Å². The number of carbonyl (C=O) groups excluding carboxylic acids is 1. The van der Waals surface area contributed by atoms with Crippen LogP contribution in [0.1, 0.15) is 23.3 Å². The fourth-order valence-corrected chi connectivity index (χ4v) is 1.93. The third-order valence-corrected chi connectivity index (χ3v) is 2.93. The smallest absolute Gasteiger partial charge is 0.389 e. The number of carbonyl (C=O) groups is 1. The van der Waals surface area contributed by atoms with Gasteiger partial charge in [0.25, 0.3) is 0 Å². The second-order valence-corrected chi connectivity index (χ2v) is 4.58. The van der Waals surface area contributed by atoms with Crippen LogP contribution >= 0.6 is 0 Å². The predicted octanol–water partition coefficient (Wildman–Crippen LogP) is 3.74. The van der Waals surface area contributed by atoms with Crippen LogP contribution in [-0.2, 0) is 4.74 Å². The molecule has 0 saturated carbocycles. The number of para-hydroxylation sites is 1. The van der Waals surface area contributed by atoms with E-state index in [1.807, 2.05) is 0 Å². The first-order valence-corrected chi connectivity index (χ1v) is 6.58. The molecule has 118 valence electrons. The summed E-state index contributed by atoms with van der Waals surface area (Å²) in [4.78, 5) is 15.7. The molecule has 2 rings (SSSR count). The molecule has 1 aromatic heterocycles. The Labute approximate surface area is 124 Å². The van der Waals surface area contributed by atoms with Crippen molar-refractivity contribution in [3.05, 3.63) is 36.0 Å². The SMILES string of the molecule is COC(=O)c1cc(OCCCC(F)(F)F)c2ccccc2n1. The van der Waals surface area contributed by atoms with Crippen molar-refractivity contribution in [2.75, 3.05) is 13.7 Å². The Hall–Kier alpha value is -2.31. The Morgan fingerprint density at radius 3 is 2.68 bits per heavy atom. The van der Waals surface area contributed by atoms with Crippen molar-refractivity contribution in [3.63, 3.8) is 0 Å². The van der Waals surface area contributed by atoms with Gasteiger partial charge in [-0.3, -0.25) is 0 Å². The molecule has 0 bridgehead atoms. The van der Waals surface area contributed by atoms with Gasteiger partial charge in [0, 0.05) is 17.9 Å². The molecule has 0 fully saturated rings. The Morgan fingerprint density at radius 1 is 1.27 bits per heavy atom. The van der Waals surface area contributed by atoms with Crippen molar-refractivity contribution in [1.29, 1.82) is 0 Å². The first-order chi connectivity index (χ1) is 10.4. The summed E-state index contributed by atoms with van der Waals surface area (Å²) < 4.78 is 46.4. The zero-order valence-electron chi connectivity index (χ0n) is 11.8. The lowest BCUT2D eigenvalue weighted by Crippen LogP contribution is -2.10. The van der Waals surface area contributed by atoms with Crippen LogP contribution in [0.2, 0.25) is 0 Å². The van der Waals surface area contributed by atoms with E-state index in [4.69, 9.17) is 4.74 Å². The minimum atomic E-state index is -4.21. The van der Waals surface area contributed by atoms with Crippen LogP contribution in [0.5, 0.6) is 5.75 Å². The van der Waals surface area contributed by atoms with Crippen LogP contribution in [0.25, 0.3) is 10.9 Å². The van der Waals surface area contributed by atoms with E-state index < -0.39 is 18.6 Å². The summed E-state index contributed by atoms with van der Waals surface area (Å²) in [6.45, 7) is -0.103. The van der Waals surface area contributed by atoms with Gasteiger partial charge < -0.3 is 9.47 Å². The lowest BCUT2D eigenvalue weighted by Gasteiger charge is -2.11. The van der Waals surface area contributed by atoms with Crippen LogP contribution in [0, 0.1) is 0 Å². The molecule has 0 spiro atoms. The molecule has 4 nitrogen and oxygen atoms in total. The molecule has 0 saturated heterocycles. The van der Waals surface area contributed by atoms with E-state index in [1.165, 1.54) is 13.2 Å². The van der Waals surface area contributed by atoms with Crippen molar-refractivity contribution in [2.24, 2.45) is 0 Å². The second kappa shape index (κ2) is 6.64. The zero-order chi connectivity index (χ0) is 16.2. The third-order valence-electron chi connectivity index (χ3n) is 2.93. The maximum Gasteiger partial charge on any atom is 0.389 e. The monoisotopic (exact) mass is 313 g/mol. The first-order valence-electron chi connectivity index (χ1n) is 6.58. The Balaban J connectivity index is 2.21. The molecular weight excluding hydrogens is 299 g/mol. The van der Waals surface area contributed by atoms with Crippen molar-refractivity contribution in [1.82, 2.24) is 4.98 Å². The van der Waals surface area contributed by atoms with E-state index in [-0.39, 0.29) is 18.7 Å². The number of esters is 1. The van der Waals surface area contributed by atoms with Crippen molar-refractivity contribution in [2.45, 2.75) is 19.0 Å². The summed E-state index contributed by atoms with van der Waals surface area (Å²) in [5.74, 6) is -0.320. The number of aromatic nitrogens is 1. The summed E-state index contributed by atoms with van der Waals surface area (Å²) in [6, 6.07) is 8.28. The highest BCUT2D eigenvalue weighted by Gasteiger charge is 2.26.